The highest BCUT2D eigenvalue weighted by atomic mass is 32.2. The molecule has 0 radical (unpaired) electrons. The third-order valence-electron chi connectivity index (χ3n) is 8.47. The van der Waals surface area contributed by atoms with Gasteiger partial charge in [0.15, 0.2) is 27.2 Å². The fourth-order valence-corrected chi connectivity index (χ4v) is 6.37. The Bertz CT molecular complexity index is 2230. The van der Waals surface area contributed by atoms with Crippen molar-refractivity contribution in [1.82, 2.24) is 24.9 Å². The minimum Gasteiger partial charge on any atom is -0.497 e. The number of rotatable bonds is 11. The Morgan fingerprint density at radius 1 is 0.902 bits per heavy atom. The van der Waals surface area contributed by atoms with Crippen molar-refractivity contribution >= 4 is 27.2 Å². The molecular formula is C36H39FN8O5S. The lowest BCUT2D eigenvalue weighted by Crippen LogP contribution is -2.54. The summed E-state index contributed by atoms with van der Waals surface area (Å²) in [7, 11) is 2.79. The molecule has 15 heteroatoms. The van der Waals surface area contributed by atoms with Gasteiger partial charge in [0.25, 0.3) is 0 Å². The van der Waals surface area contributed by atoms with Gasteiger partial charge in [-0.25, -0.2) is 17.8 Å². The molecule has 0 aliphatic carbocycles. The average molecular weight is 715 g/mol. The van der Waals surface area contributed by atoms with E-state index < -0.39 is 21.4 Å². The Labute approximate surface area is 295 Å². The summed E-state index contributed by atoms with van der Waals surface area (Å²) < 4.78 is 60.7. The summed E-state index contributed by atoms with van der Waals surface area (Å²) >= 11 is 0. The molecule has 1 aliphatic rings. The number of amidine groups is 1. The molecule has 0 saturated heterocycles. The van der Waals surface area contributed by atoms with Gasteiger partial charge in [0, 0.05) is 31.3 Å². The predicted octanol–water partition coefficient (Wildman–Crippen LogP) is 4.33. The van der Waals surface area contributed by atoms with Gasteiger partial charge in [-0.3, -0.25) is 15.1 Å². The number of aromatic nitrogens is 4. The molecule has 1 atom stereocenters. The third kappa shape index (κ3) is 7.30. The van der Waals surface area contributed by atoms with Crippen LogP contribution in [0, 0.1) is 12.7 Å². The van der Waals surface area contributed by atoms with Crippen LogP contribution < -0.4 is 25.4 Å². The standard InChI is InChI=1S/C36H39FN8O5S/c1-23-19-32(42-45(23)22-25-9-13-27(49-4)14-10-25)44(21-24-7-11-26(48-3)12-8-24)35-34(50-5)33(31-17-18-43(2)41-31)39-36(38,40-35)29-16-15-28(20-30(29)37)51(6,46)47/h7-20,39H,21-22,38H2,1-6H3. The Morgan fingerprint density at radius 2 is 1.55 bits per heavy atom. The van der Waals surface area contributed by atoms with Crippen LogP contribution in [0.25, 0.3) is 5.70 Å². The maximum absolute atomic E-state index is 15.9. The molecule has 13 nitrogen and oxygen atoms in total. The smallest absolute Gasteiger partial charge is 0.214 e. The number of methoxy groups -OCH3 is 3. The summed E-state index contributed by atoms with van der Waals surface area (Å²) in [5.41, 5.74) is 10.4. The summed E-state index contributed by atoms with van der Waals surface area (Å²) in [6.45, 7) is 2.68. The number of nitrogens with zero attached hydrogens (tertiary/aromatic N) is 6. The molecular weight excluding hydrogens is 676 g/mol. The van der Waals surface area contributed by atoms with E-state index in [2.05, 4.69) is 10.4 Å². The van der Waals surface area contributed by atoms with E-state index in [4.69, 9.17) is 30.0 Å². The third-order valence-corrected chi connectivity index (χ3v) is 9.58. The second kappa shape index (κ2) is 13.9. The largest absolute Gasteiger partial charge is 0.497 e. The molecule has 6 rings (SSSR count). The van der Waals surface area contributed by atoms with Crippen molar-refractivity contribution in [1.29, 1.82) is 0 Å². The highest BCUT2D eigenvalue weighted by Crippen LogP contribution is 2.35. The topological polar surface area (TPSA) is 151 Å². The van der Waals surface area contributed by atoms with E-state index in [1.807, 2.05) is 71.1 Å². The van der Waals surface area contributed by atoms with Crippen LogP contribution in [0.5, 0.6) is 11.5 Å². The number of anilines is 1. The number of hydrogen-bond donors (Lipinski definition) is 2. The zero-order valence-corrected chi connectivity index (χ0v) is 29.9. The van der Waals surface area contributed by atoms with Crippen molar-refractivity contribution in [3.63, 3.8) is 0 Å². The van der Waals surface area contributed by atoms with Gasteiger partial charge in [-0.2, -0.15) is 10.2 Å². The molecule has 2 aromatic heterocycles. The molecule has 1 aliphatic heterocycles. The van der Waals surface area contributed by atoms with E-state index in [0.717, 1.165) is 34.9 Å². The SMILES string of the molecule is COC1=C(c2ccn(C)n2)NC(N)(c2ccc(S(C)(=O)=O)cc2F)N=C1N(Cc1ccc(OC)cc1)c1cc(C)n(Cc2ccc(OC)cc2)n1. The van der Waals surface area contributed by atoms with Crippen LogP contribution in [0.3, 0.4) is 0 Å². The summed E-state index contributed by atoms with van der Waals surface area (Å²) in [5.74, 6) is -0.339. The summed E-state index contributed by atoms with van der Waals surface area (Å²) in [4.78, 5) is 6.58. The lowest BCUT2D eigenvalue weighted by atomic mass is 10.0. The van der Waals surface area contributed by atoms with Crippen molar-refractivity contribution in [3.8, 4) is 11.5 Å². The molecule has 0 amide bonds. The fourth-order valence-electron chi connectivity index (χ4n) is 5.74. The molecule has 1 unspecified atom stereocenters. The first kappa shape index (κ1) is 35.2. The molecule has 3 aromatic carbocycles. The summed E-state index contributed by atoms with van der Waals surface area (Å²) in [5, 5.41) is 12.7. The first-order valence-corrected chi connectivity index (χ1v) is 17.7. The second-order valence-corrected chi connectivity index (χ2v) is 14.1. The van der Waals surface area contributed by atoms with Crippen LogP contribution >= 0.6 is 0 Å². The quantitative estimate of drug-likeness (QED) is 0.202. The fraction of sp³-hybridized carbons (Fsp3) is 0.250. The number of nitrogens with one attached hydrogen (secondary N) is 1. The summed E-state index contributed by atoms with van der Waals surface area (Å²) in [6, 6.07) is 22.5. The molecule has 0 spiro atoms. The summed E-state index contributed by atoms with van der Waals surface area (Å²) in [6.07, 6.45) is 2.76. The van der Waals surface area contributed by atoms with Gasteiger partial charge < -0.3 is 24.4 Å². The van der Waals surface area contributed by atoms with E-state index in [1.54, 1.807) is 38.2 Å². The van der Waals surface area contributed by atoms with E-state index in [9.17, 15) is 8.42 Å². The van der Waals surface area contributed by atoms with E-state index >= 15 is 4.39 Å². The van der Waals surface area contributed by atoms with Gasteiger partial charge in [-0.15, -0.1) is 0 Å². The lowest BCUT2D eigenvalue weighted by Gasteiger charge is -2.37. The zero-order valence-electron chi connectivity index (χ0n) is 29.1. The van der Waals surface area contributed by atoms with Crippen molar-refractivity contribution in [2.75, 3.05) is 32.5 Å². The Balaban J connectivity index is 1.54. The van der Waals surface area contributed by atoms with Crippen LogP contribution in [0.15, 0.2) is 101 Å². The molecule has 0 fully saturated rings. The lowest BCUT2D eigenvalue weighted by molar-refractivity contribution is 0.297. The molecule has 0 saturated carbocycles. The van der Waals surface area contributed by atoms with Crippen molar-refractivity contribution in [2.24, 2.45) is 17.8 Å². The van der Waals surface area contributed by atoms with E-state index in [1.165, 1.54) is 19.2 Å². The number of halogens is 1. The van der Waals surface area contributed by atoms with Crippen LogP contribution in [0.4, 0.5) is 10.2 Å². The monoisotopic (exact) mass is 714 g/mol. The first-order chi connectivity index (χ1) is 24.3. The van der Waals surface area contributed by atoms with Crippen LogP contribution in [0.2, 0.25) is 0 Å². The highest BCUT2D eigenvalue weighted by Gasteiger charge is 2.41. The number of aliphatic imine (C=N–C) groups is 1. The van der Waals surface area contributed by atoms with Gasteiger partial charge in [0.05, 0.1) is 44.9 Å². The number of ether oxygens (including phenoxy) is 3. The van der Waals surface area contributed by atoms with Crippen molar-refractivity contribution < 1.29 is 27.0 Å². The zero-order chi connectivity index (χ0) is 36.5. The van der Waals surface area contributed by atoms with Gasteiger partial charge in [-0.05, 0) is 66.6 Å². The van der Waals surface area contributed by atoms with Gasteiger partial charge in [0.1, 0.15) is 28.7 Å². The average Bonchev–Trinajstić information content (AvgIpc) is 3.71. The number of benzene rings is 3. The van der Waals surface area contributed by atoms with E-state index in [0.29, 0.717) is 29.5 Å². The molecule has 5 aromatic rings. The first-order valence-electron chi connectivity index (χ1n) is 15.9. The molecule has 51 heavy (non-hydrogen) atoms. The number of sulfone groups is 1. The van der Waals surface area contributed by atoms with Crippen LogP contribution in [0.1, 0.15) is 28.1 Å². The maximum Gasteiger partial charge on any atom is 0.214 e. The second-order valence-electron chi connectivity index (χ2n) is 12.1. The normalized spacial score (nSPS) is 16.0. The van der Waals surface area contributed by atoms with Gasteiger partial charge in [0.2, 0.25) is 5.79 Å². The van der Waals surface area contributed by atoms with Crippen LogP contribution in [-0.2, 0) is 40.5 Å². The van der Waals surface area contributed by atoms with Gasteiger partial charge >= 0.3 is 0 Å². The highest BCUT2D eigenvalue weighted by molar-refractivity contribution is 7.90. The van der Waals surface area contributed by atoms with E-state index in [-0.39, 0.29) is 28.6 Å². The predicted molar refractivity (Wildman–Crippen MR) is 191 cm³/mol. The van der Waals surface area contributed by atoms with Crippen LogP contribution in [-0.4, -0.2) is 61.4 Å². The number of nitrogens with two attached hydrogens (primary N) is 1. The number of hydrogen-bond acceptors (Lipinski definition) is 11. The molecule has 3 heterocycles. The number of aryl methyl sites for hydroxylation is 2. The Morgan fingerprint density at radius 3 is 2.10 bits per heavy atom. The minimum absolute atomic E-state index is 0.0957. The Hall–Kier alpha value is -5.67. The minimum atomic E-state index is -3.70. The molecule has 266 valence electrons. The molecule has 3 N–H and O–H groups in total. The van der Waals surface area contributed by atoms with Gasteiger partial charge in [-0.1, -0.05) is 24.3 Å². The maximum atomic E-state index is 15.9. The van der Waals surface area contributed by atoms with Crippen molar-refractivity contribution in [2.45, 2.75) is 30.7 Å². The molecule has 0 bridgehead atoms. The van der Waals surface area contributed by atoms with Crippen molar-refractivity contribution in [3.05, 3.63) is 125 Å². The Kier molecular flexibility index (Phi) is 9.60.